The number of anilines is 3. The summed E-state index contributed by atoms with van der Waals surface area (Å²) in [5.41, 5.74) is 1.64. The molecule has 11 heteroatoms. The van der Waals surface area contributed by atoms with Crippen LogP contribution in [0.5, 0.6) is 5.75 Å². The highest BCUT2D eigenvalue weighted by molar-refractivity contribution is 6.53. The molecule has 0 aromatic heterocycles. The van der Waals surface area contributed by atoms with Crippen molar-refractivity contribution in [2.75, 3.05) is 29.8 Å². The quantitative estimate of drug-likeness (QED) is 0.326. The average Bonchev–Trinajstić information content (AvgIpc) is 3.11. The number of esters is 1. The third-order valence-corrected chi connectivity index (χ3v) is 5.98. The predicted molar refractivity (Wildman–Crippen MR) is 139 cm³/mol. The first-order chi connectivity index (χ1) is 17.7. The SMILES string of the molecule is COC(=O)c1ccc(NC(=O)c2ccc(NC3=C(Cl)C(=O)N(c4cc(Cl)ccc4OC)C3=O)cc2)cc1. The molecule has 2 N–H and O–H groups in total. The fourth-order valence-corrected chi connectivity index (χ4v) is 3.91. The minimum Gasteiger partial charge on any atom is -0.495 e. The fraction of sp³-hybridized carbons (Fsp3) is 0.0769. The van der Waals surface area contributed by atoms with E-state index in [2.05, 4.69) is 15.4 Å². The molecule has 0 saturated heterocycles. The van der Waals surface area contributed by atoms with Gasteiger partial charge in [-0.15, -0.1) is 0 Å². The molecule has 0 spiro atoms. The van der Waals surface area contributed by atoms with Gasteiger partial charge in [0.25, 0.3) is 17.7 Å². The van der Waals surface area contributed by atoms with Crippen molar-refractivity contribution in [2.45, 2.75) is 0 Å². The van der Waals surface area contributed by atoms with Crippen LogP contribution >= 0.6 is 23.2 Å². The highest BCUT2D eigenvalue weighted by atomic mass is 35.5. The number of benzene rings is 3. The van der Waals surface area contributed by atoms with Gasteiger partial charge in [-0.25, -0.2) is 9.69 Å². The summed E-state index contributed by atoms with van der Waals surface area (Å²) in [6, 6.07) is 17.0. The molecule has 0 atom stereocenters. The smallest absolute Gasteiger partial charge is 0.337 e. The van der Waals surface area contributed by atoms with Crippen molar-refractivity contribution in [3.63, 3.8) is 0 Å². The van der Waals surface area contributed by atoms with Crippen molar-refractivity contribution in [2.24, 2.45) is 0 Å². The van der Waals surface area contributed by atoms with Crippen LogP contribution in [0, 0.1) is 0 Å². The Bertz CT molecular complexity index is 1440. The summed E-state index contributed by atoms with van der Waals surface area (Å²) in [4.78, 5) is 50.9. The van der Waals surface area contributed by atoms with Crippen LogP contribution in [0.15, 0.2) is 77.5 Å². The molecule has 1 heterocycles. The minimum atomic E-state index is -0.732. The van der Waals surface area contributed by atoms with Gasteiger partial charge in [-0.1, -0.05) is 23.2 Å². The topological polar surface area (TPSA) is 114 Å². The lowest BCUT2D eigenvalue weighted by Crippen LogP contribution is -2.32. The zero-order valence-corrected chi connectivity index (χ0v) is 21.0. The summed E-state index contributed by atoms with van der Waals surface area (Å²) in [5, 5.41) is 5.58. The molecule has 0 unspecified atom stereocenters. The standard InChI is InChI=1S/C26H19Cl2N3O6/c1-36-20-12-7-16(27)13-19(20)31-24(33)21(28)22(25(31)34)29-17-8-3-14(4-9-17)23(32)30-18-10-5-15(6-11-18)26(35)37-2/h3-13,29H,1-2H3,(H,30,32). The highest BCUT2D eigenvalue weighted by Crippen LogP contribution is 2.37. The molecule has 3 aromatic carbocycles. The van der Waals surface area contributed by atoms with Crippen LogP contribution in [0.4, 0.5) is 17.1 Å². The van der Waals surface area contributed by atoms with Crippen LogP contribution in [0.3, 0.4) is 0 Å². The normalized spacial score (nSPS) is 13.0. The van der Waals surface area contributed by atoms with Crippen molar-refractivity contribution in [1.82, 2.24) is 0 Å². The van der Waals surface area contributed by atoms with E-state index in [0.717, 1.165) is 4.90 Å². The van der Waals surface area contributed by atoms with E-state index in [4.69, 9.17) is 27.9 Å². The maximum Gasteiger partial charge on any atom is 0.337 e. The molecule has 1 aliphatic heterocycles. The predicted octanol–water partition coefficient (Wildman–Crippen LogP) is 4.82. The third kappa shape index (κ3) is 5.28. The average molecular weight is 540 g/mol. The molecule has 0 fully saturated rings. The number of carbonyl (C=O) groups is 4. The molecule has 4 rings (SSSR count). The van der Waals surface area contributed by atoms with Gasteiger partial charge in [0.05, 0.1) is 25.5 Å². The Balaban J connectivity index is 1.47. The number of imide groups is 1. The molecular weight excluding hydrogens is 521 g/mol. The number of nitrogens with one attached hydrogen (secondary N) is 2. The van der Waals surface area contributed by atoms with Crippen LogP contribution in [0.2, 0.25) is 5.02 Å². The molecule has 0 aliphatic carbocycles. The second-order valence-electron chi connectivity index (χ2n) is 7.68. The van der Waals surface area contributed by atoms with Crippen LogP contribution in [-0.4, -0.2) is 37.9 Å². The number of hydrogen-bond donors (Lipinski definition) is 2. The van der Waals surface area contributed by atoms with E-state index in [0.29, 0.717) is 27.5 Å². The first-order valence-corrected chi connectivity index (χ1v) is 11.5. The first-order valence-electron chi connectivity index (χ1n) is 10.7. The lowest BCUT2D eigenvalue weighted by atomic mass is 10.1. The van der Waals surface area contributed by atoms with Crippen molar-refractivity contribution in [3.05, 3.63) is 93.6 Å². The van der Waals surface area contributed by atoms with Gasteiger partial charge in [-0.3, -0.25) is 14.4 Å². The van der Waals surface area contributed by atoms with E-state index < -0.39 is 17.8 Å². The Kier molecular flexibility index (Phi) is 7.47. The van der Waals surface area contributed by atoms with Crippen LogP contribution in [-0.2, 0) is 14.3 Å². The van der Waals surface area contributed by atoms with Gasteiger partial charge in [-0.2, -0.15) is 0 Å². The van der Waals surface area contributed by atoms with Gasteiger partial charge in [0.2, 0.25) is 0 Å². The third-order valence-electron chi connectivity index (χ3n) is 5.39. The van der Waals surface area contributed by atoms with E-state index in [1.165, 1.54) is 50.6 Å². The number of carbonyl (C=O) groups excluding carboxylic acids is 4. The molecule has 3 amide bonds. The molecule has 0 saturated carbocycles. The second-order valence-corrected chi connectivity index (χ2v) is 8.49. The lowest BCUT2D eigenvalue weighted by Gasteiger charge is -2.18. The Morgan fingerprint density at radius 1 is 0.811 bits per heavy atom. The Morgan fingerprint density at radius 3 is 2.05 bits per heavy atom. The Morgan fingerprint density at radius 2 is 1.43 bits per heavy atom. The van der Waals surface area contributed by atoms with Crippen molar-refractivity contribution in [1.29, 1.82) is 0 Å². The number of amides is 3. The number of hydrogen-bond acceptors (Lipinski definition) is 7. The molecule has 1 aliphatic rings. The summed E-state index contributed by atoms with van der Waals surface area (Å²) in [6.45, 7) is 0. The molecule has 188 valence electrons. The first kappa shape index (κ1) is 25.7. The van der Waals surface area contributed by atoms with Gasteiger partial charge in [0.1, 0.15) is 16.5 Å². The molecule has 37 heavy (non-hydrogen) atoms. The summed E-state index contributed by atoms with van der Waals surface area (Å²) in [7, 11) is 2.69. The van der Waals surface area contributed by atoms with Gasteiger partial charge in [0, 0.05) is 22.0 Å². The van der Waals surface area contributed by atoms with Gasteiger partial charge >= 0.3 is 5.97 Å². The molecule has 9 nitrogen and oxygen atoms in total. The molecule has 0 bridgehead atoms. The molecular formula is C26H19Cl2N3O6. The van der Waals surface area contributed by atoms with Crippen LogP contribution in [0.1, 0.15) is 20.7 Å². The van der Waals surface area contributed by atoms with E-state index in [9.17, 15) is 19.2 Å². The van der Waals surface area contributed by atoms with E-state index in [-0.39, 0.29) is 28.1 Å². The van der Waals surface area contributed by atoms with Crippen LogP contribution < -0.4 is 20.3 Å². The number of rotatable bonds is 7. The maximum atomic E-state index is 13.1. The fourth-order valence-electron chi connectivity index (χ4n) is 3.53. The summed E-state index contributed by atoms with van der Waals surface area (Å²) in [5.74, 6) is -2.02. The molecule has 0 radical (unpaired) electrons. The van der Waals surface area contributed by atoms with Crippen molar-refractivity contribution >= 4 is 64.0 Å². The van der Waals surface area contributed by atoms with Crippen molar-refractivity contribution < 1.29 is 28.7 Å². The summed E-state index contributed by atoms with van der Waals surface area (Å²) >= 11 is 12.3. The number of methoxy groups -OCH3 is 2. The van der Waals surface area contributed by atoms with E-state index >= 15 is 0 Å². The Labute approximate surface area is 221 Å². The lowest BCUT2D eigenvalue weighted by molar-refractivity contribution is -0.120. The zero-order chi connectivity index (χ0) is 26.7. The number of ether oxygens (including phenoxy) is 2. The van der Waals surface area contributed by atoms with Gasteiger partial charge in [0.15, 0.2) is 0 Å². The zero-order valence-electron chi connectivity index (χ0n) is 19.5. The minimum absolute atomic E-state index is 0.128. The summed E-state index contributed by atoms with van der Waals surface area (Å²) < 4.78 is 9.90. The van der Waals surface area contributed by atoms with E-state index in [1.807, 2.05) is 0 Å². The Hall–Kier alpha value is -4.34. The molecule has 3 aromatic rings. The van der Waals surface area contributed by atoms with Gasteiger partial charge in [-0.05, 0) is 66.7 Å². The van der Waals surface area contributed by atoms with E-state index in [1.54, 1.807) is 30.3 Å². The number of halogens is 2. The highest BCUT2D eigenvalue weighted by Gasteiger charge is 2.40. The second kappa shape index (κ2) is 10.7. The maximum absolute atomic E-state index is 13.1. The summed E-state index contributed by atoms with van der Waals surface area (Å²) in [6.07, 6.45) is 0. The number of nitrogens with zero attached hydrogens (tertiary/aromatic N) is 1. The monoisotopic (exact) mass is 539 g/mol. The van der Waals surface area contributed by atoms with Crippen molar-refractivity contribution in [3.8, 4) is 5.75 Å². The van der Waals surface area contributed by atoms with Crippen LogP contribution in [0.25, 0.3) is 0 Å². The largest absolute Gasteiger partial charge is 0.495 e. The van der Waals surface area contributed by atoms with Gasteiger partial charge < -0.3 is 20.1 Å².